The second-order valence-corrected chi connectivity index (χ2v) is 8.48. The number of aromatic amines is 1. The van der Waals surface area contributed by atoms with E-state index in [1.54, 1.807) is 18.3 Å². The maximum Gasteiger partial charge on any atom is 0.336 e. The molecular formula is C28H24N4O2. The average molecular weight is 449 g/mol. The van der Waals surface area contributed by atoms with Gasteiger partial charge in [-0.15, -0.1) is 0 Å². The van der Waals surface area contributed by atoms with Crippen molar-refractivity contribution in [3.05, 3.63) is 89.9 Å². The van der Waals surface area contributed by atoms with Gasteiger partial charge in [0.05, 0.1) is 11.1 Å². The number of benzene rings is 2. The molecular weight excluding hydrogens is 424 g/mol. The zero-order valence-corrected chi connectivity index (χ0v) is 19.0. The van der Waals surface area contributed by atoms with Crippen LogP contribution in [-0.4, -0.2) is 51.2 Å². The second kappa shape index (κ2) is 8.89. The van der Waals surface area contributed by atoms with Crippen LogP contribution < -0.4 is 0 Å². The van der Waals surface area contributed by atoms with E-state index in [0.29, 0.717) is 11.1 Å². The molecule has 0 radical (unpaired) electrons. The van der Waals surface area contributed by atoms with E-state index in [-0.39, 0.29) is 5.56 Å². The zero-order valence-electron chi connectivity index (χ0n) is 19.0. The monoisotopic (exact) mass is 448 g/mol. The number of H-pyrrole nitrogens is 1. The van der Waals surface area contributed by atoms with Crippen LogP contribution in [0.4, 0.5) is 0 Å². The Balaban J connectivity index is 1.63. The van der Waals surface area contributed by atoms with Gasteiger partial charge in [-0.1, -0.05) is 30.0 Å². The molecule has 3 heterocycles. The first-order valence-corrected chi connectivity index (χ1v) is 11.1. The van der Waals surface area contributed by atoms with Crippen LogP contribution in [-0.2, 0) is 6.54 Å². The topological polar surface area (TPSA) is 74.2 Å². The van der Waals surface area contributed by atoms with Gasteiger partial charge in [0.1, 0.15) is 5.65 Å². The third-order valence-corrected chi connectivity index (χ3v) is 5.89. The van der Waals surface area contributed by atoms with E-state index in [0.717, 1.165) is 46.2 Å². The summed E-state index contributed by atoms with van der Waals surface area (Å²) in [5.41, 5.74) is 5.04. The number of nitrogens with zero attached hydrogens (tertiary/aromatic N) is 3. The summed E-state index contributed by atoms with van der Waals surface area (Å²) in [6.07, 6.45) is 5.69. The highest BCUT2D eigenvalue weighted by atomic mass is 16.4. The number of carboxylic acids is 1. The molecule has 0 unspecified atom stereocenters. The molecule has 5 rings (SSSR count). The van der Waals surface area contributed by atoms with Crippen molar-refractivity contribution in [2.24, 2.45) is 0 Å². The van der Waals surface area contributed by atoms with E-state index in [1.165, 1.54) is 0 Å². The predicted molar refractivity (Wildman–Crippen MR) is 135 cm³/mol. The minimum atomic E-state index is -0.977. The third kappa shape index (κ3) is 4.05. The summed E-state index contributed by atoms with van der Waals surface area (Å²) in [7, 11) is 4.09. The number of aromatic carboxylic acids is 1. The van der Waals surface area contributed by atoms with Crippen molar-refractivity contribution in [3.63, 3.8) is 0 Å². The summed E-state index contributed by atoms with van der Waals surface area (Å²) in [5, 5.41) is 11.9. The van der Waals surface area contributed by atoms with Crippen LogP contribution in [0.3, 0.4) is 0 Å². The van der Waals surface area contributed by atoms with Gasteiger partial charge >= 0.3 is 5.97 Å². The van der Waals surface area contributed by atoms with Gasteiger partial charge in [-0.3, -0.25) is 0 Å². The van der Waals surface area contributed by atoms with Crippen molar-refractivity contribution in [3.8, 4) is 23.0 Å². The van der Waals surface area contributed by atoms with Crippen molar-refractivity contribution in [2.45, 2.75) is 6.54 Å². The lowest BCUT2D eigenvalue weighted by Gasteiger charge is -2.10. The highest BCUT2D eigenvalue weighted by molar-refractivity contribution is 5.99. The Morgan fingerprint density at radius 3 is 2.76 bits per heavy atom. The van der Waals surface area contributed by atoms with Crippen molar-refractivity contribution < 1.29 is 9.90 Å². The molecule has 0 amide bonds. The summed E-state index contributed by atoms with van der Waals surface area (Å²) in [6, 6.07) is 17.1. The number of hydrogen-bond donors (Lipinski definition) is 2. The van der Waals surface area contributed by atoms with Crippen molar-refractivity contribution in [1.82, 2.24) is 19.4 Å². The summed E-state index contributed by atoms with van der Waals surface area (Å²) in [5.74, 6) is 5.58. The molecule has 0 saturated carbocycles. The molecule has 0 aliphatic carbocycles. The molecule has 0 spiro atoms. The number of fused-ring (bicyclic) bond motifs is 2. The molecule has 0 aliphatic rings. The number of hydrogen-bond acceptors (Lipinski definition) is 3. The molecule has 0 saturated heterocycles. The van der Waals surface area contributed by atoms with Crippen molar-refractivity contribution >= 4 is 27.9 Å². The van der Waals surface area contributed by atoms with Crippen LogP contribution in [0.15, 0.2) is 73.2 Å². The molecule has 0 fully saturated rings. The molecule has 2 N–H and O–H groups in total. The van der Waals surface area contributed by atoms with Gasteiger partial charge in [0.2, 0.25) is 0 Å². The number of nitrogens with one attached hydrogen (secondary N) is 1. The van der Waals surface area contributed by atoms with Gasteiger partial charge in [0.25, 0.3) is 0 Å². The van der Waals surface area contributed by atoms with E-state index in [2.05, 4.69) is 31.3 Å². The van der Waals surface area contributed by atoms with Crippen molar-refractivity contribution in [2.75, 3.05) is 20.6 Å². The Morgan fingerprint density at radius 1 is 1.09 bits per heavy atom. The highest BCUT2D eigenvalue weighted by Gasteiger charge is 2.16. The zero-order chi connectivity index (χ0) is 23.7. The van der Waals surface area contributed by atoms with Crippen LogP contribution in [0, 0.1) is 11.8 Å². The number of pyridine rings is 1. The first kappa shape index (κ1) is 21.5. The Hall–Kier alpha value is -4.34. The molecule has 5 aromatic rings. The first-order chi connectivity index (χ1) is 16.5. The largest absolute Gasteiger partial charge is 0.478 e. The molecule has 0 aliphatic heterocycles. The molecule has 3 aromatic heterocycles. The number of carboxylic acid groups (broad SMARTS) is 1. The van der Waals surface area contributed by atoms with Gasteiger partial charge in [-0.2, -0.15) is 0 Å². The Bertz CT molecular complexity index is 1580. The van der Waals surface area contributed by atoms with Crippen LogP contribution in [0.5, 0.6) is 0 Å². The maximum absolute atomic E-state index is 12.1. The fourth-order valence-electron chi connectivity index (χ4n) is 4.18. The Kier molecular flexibility index (Phi) is 5.62. The molecule has 2 aromatic carbocycles. The first-order valence-electron chi connectivity index (χ1n) is 11.1. The van der Waals surface area contributed by atoms with Gasteiger partial charge in [0, 0.05) is 53.7 Å². The fraction of sp³-hybridized carbons (Fsp3) is 0.143. The van der Waals surface area contributed by atoms with Gasteiger partial charge in [-0.25, -0.2) is 9.78 Å². The van der Waals surface area contributed by atoms with E-state index in [1.807, 2.05) is 69.0 Å². The minimum absolute atomic E-state index is 0.229. The lowest BCUT2D eigenvalue weighted by atomic mass is 9.93. The average Bonchev–Trinajstić information content (AvgIpc) is 3.45. The second-order valence-electron chi connectivity index (χ2n) is 8.48. The van der Waals surface area contributed by atoms with E-state index in [4.69, 9.17) is 0 Å². The standard InChI is InChI=1S/C28H24N4O2/c1-31(2)15-16-32-18-22(23-7-4-13-30-27(23)32)11-9-20-5-3-6-24(28(33)34)26(20)21-10-8-19-12-14-29-25(19)17-21/h3-8,10,12-14,17-18,29H,15-16H2,1-2H3,(H,33,34). The van der Waals surface area contributed by atoms with Gasteiger partial charge in [0.15, 0.2) is 0 Å². The Morgan fingerprint density at radius 2 is 1.94 bits per heavy atom. The quantitative estimate of drug-likeness (QED) is 0.377. The van der Waals surface area contributed by atoms with E-state index >= 15 is 0 Å². The Labute approximate surface area is 197 Å². The summed E-state index contributed by atoms with van der Waals surface area (Å²) < 4.78 is 2.12. The molecule has 168 valence electrons. The van der Waals surface area contributed by atoms with Gasteiger partial charge < -0.3 is 19.6 Å². The van der Waals surface area contributed by atoms with Crippen LogP contribution in [0.2, 0.25) is 0 Å². The molecule has 6 nitrogen and oxygen atoms in total. The normalized spacial score (nSPS) is 11.1. The van der Waals surface area contributed by atoms with Gasteiger partial charge in [-0.05, 0) is 61.4 Å². The number of rotatable bonds is 5. The number of carbonyl (C=O) groups is 1. The van der Waals surface area contributed by atoms with Crippen LogP contribution in [0.1, 0.15) is 21.5 Å². The maximum atomic E-state index is 12.1. The smallest absolute Gasteiger partial charge is 0.336 e. The van der Waals surface area contributed by atoms with E-state index in [9.17, 15) is 9.90 Å². The molecule has 0 atom stereocenters. The summed E-state index contributed by atoms with van der Waals surface area (Å²) in [4.78, 5) is 22.0. The van der Waals surface area contributed by atoms with Crippen LogP contribution in [0.25, 0.3) is 33.1 Å². The van der Waals surface area contributed by atoms with Crippen molar-refractivity contribution in [1.29, 1.82) is 0 Å². The molecule has 34 heavy (non-hydrogen) atoms. The molecule has 0 bridgehead atoms. The summed E-state index contributed by atoms with van der Waals surface area (Å²) >= 11 is 0. The lowest BCUT2D eigenvalue weighted by Crippen LogP contribution is -2.18. The fourth-order valence-corrected chi connectivity index (χ4v) is 4.18. The van der Waals surface area contributed by atoms with Crippen LogP contribution >= 0.6 is 0 Å². The highest BCUT2D eigenvalue weighted by Crippen LogP contribution is 2.30. The lowest BCUT2D eigenvalue weighted by molar-refractivity contribution is 0.0697. The third-order valence-electron chi connectivity index (χ3n) is 5.89. The number of aromatic nitrogens is 3. The van der Waals surface area contributed by atoms with E-state index < -0.39 is 5.97 Å². The SMILES string of the molecule is CN(C)CCn1cc(C#Cc2cccc(C(=O)O)c2-c2ccc3cc[nH]c3c2)c2cccnc21. The minimum Gasteiger partial charge on any atom is -0.478 e. The molecule has 6 heteroatoms. The number of likely N-dealkylation sites (N-methyl/N-ethyl adjacent to an activating group) is 1. The predicted octanol–water partition coefficient (Wildman–Crippen LogP) is 4.84. The summed E-state index contributed by atoms with van der Waals surface area (Å²) in [6.45, 7) is 1.69.